The first-order valence-electron chi connectivity index (χ1n) is 9.61. The maximum atomic E-state index is 12.3. The molecule has 0 amide bonds. The third-order valence-corrected chi connectivity index (χ3v) is 4.48. The zero-order valence-corrected chi connectivity index (χ0v) is 17.2. The number of benzene rings is 2. The van der Waals surface area contributed by atoms with Crippen molar-refractivity contribution in [3.63, 3.8) is 0 Å². The van der Waals surface area contributed by atoms with Crippen LogP contribution in [0.2, 0.25) is 0 Å². The first-order valence-corrected chi connectivity index (χ1v) is 9.61. The number of allylic oxidation sites excluding steroid dienone is 1. The van der Waals surface area contributed by atoms with E-state index in [2.05, 4.69) is 20.4 Å². The van der Waals surface area contributed by atoms with Gasteiger partial charge in [-0.05, 0) is 48.9 Å². The predicted molar refractivity (Wildman–Crippen MR) is 109 cm³/mol. The molecule has 12 heteroatoms. The van der Waals surface area contributed by atoms with E-state index in [0.717, 1.165) is 11.3 Å². The van der Waals surface area contributed by atoms with Crippen LogP contribution in [0.5, 0.6) is 11.5 Å². The highest BCUT2D eigenvalue weighted by molar-refractivity contribution is 5.57. The summed E-state index contributed by atoms with van der Waals surface area (Å²) in [6.07, 6.45) is -3.00. The van der Waals surface area contributed by atoms with Crippen molar-refractivity contribution in [2.24, 2.45) is 0 Å². The molecule has 0 radical (unpaired) electrons. The lowest BCUT2D eigenvalue weighted by Gasteiger charge is -2.22. The highest BCUT2D eigenvalue weighted by Gasteiger charge is 2.31. The largest absolute Gasteiger partial charge is 0.573 e. The van der Waals surface area contributed by atoms with E-state index >= 15 is 0 Å². The summed E-state index contributed by atoms with van der Waals surface area (Å²) in [5.74, 6) is 0.463. The summed E-state index contributed by atoms with van der Waals surface area (Å²) in [6, 6.07) is 14.6. The minimum Gasteiger partial charge on any atom is -0.479 e. The summed E-state index contributed by atoms with van der Waals surface area (Å²) >= 11 is 0. The predicted octanol–water partition coefficient (Wildman–Crippen LogP) is 4.14. The third-order valence-electron chi connectivity index (χ3n) is 4.48. The van der Waals surface area contributed by atoms with E-state index in [4.69, 9.17) is 14.5 Å². The van der Waals surface area contributed by atoms with Gasteiger partial charge in [0.05, 0.1) is 6.54 Å². The van der Waals surface area contributed by atoms with Gasteiger partial charge in [-0.1, -0.05) is 17.3 Å². The Balaban J connectivity index is 1.41. The van der Waals surface area contributed by atoms with Crippen LogP contribution in [0.3, 0.4) is 0 Å². The molecule has 4 rings (SSSR count). The average Bonchev–Trinajstić information content (AvgIpc) is 3.39. The molecule has 1 aliphatic rings. The fourth-order valence-electron chi connectivity index (χ4n) is 3.02. The molecule has 0 aliphatic carbocycles. The van der Waals surface area contributed by atoms with Crippen LogP contribution in [0.1, 0.15) is 12.5 Å². The van der Waals surface area contributed by atoms with E-state index in [9.17, 15) is 13.2 Å². The molecule has 170 valence electrons. The summed E-state index contributed by atoms with van der Waals surface area (Å²) in [5.41, 5.74) is 5.38. The molecule has 0 saturated carbocycles. The van der Waals surface area contributed by atoms with Gasteiger partial charge in [0, 0.05) is 17.5 Å². The quantitative estimate of drug-likeness (QED) is 0.560. The average molecular weight is 458 g/mol. The normalized spacial score (nSPS) is 13.6. The summed E-state index contributed by atoms with van der Waals surface area (Å²) in [6.45, 7) is 2.35. The number of hydrazine groups is 2. The number of ether oxygens (including phenoxy) is 2. The third kappa shape index (κ3) is 5.52. The molecule has 1 aliphatic heterocycles. The van der Waals surface area contributed by atoms with Crippen molar-refractivity contribution < 1.29 is 27.2 Å². The van der Waals surface area contributed by atoms with E-state index < -0.39 is 6.36 Å². The molecular weight excluding hydrogens is 441 g/mol. The standard InChI is InChI=1S/C21H17F3N6O3/c1-14-12-30(28-29(14)13-15-3-2-4-18(11-15)31-10-9-25)20-26-19(27-33-20)16-5-7-17(8-6-16)32-21(22,23)24/h2-8,11-12,28H,10,13H2,1H3. The molecule has 0 unspecified atom stereocenters. The monoisotopic (exact) mass is 458 g/mol. The lowest BCUT2D eigenvalue weighted by molar-refractivity contribution is -0.274. The Bertz CT molecular complexity index is 1190. The highest BCUT2D eigenvalue weighted by Crippen LogP contribution is 2.27. The molecule has 0 spiro atoms. The van der Waals surface area contributed by atoms with Gasteiger partial charge >= 0.3 is 12.4 Å². The second-order valence-electron chi connectivity index (χ2n) is 6.89. The number of nitrogens with zero attached hydrogens (tertiary/aromatic N) is 5. The Kier molecular flexibility index (Phi) is 6.05. The number of hydrogen-bond donors (Lipinski definition) is 1. The van der Waals surface area contributed by atoms with Crippen LogP contribution in [0.4, 0.5) is 19.2 Å². The van der Waals surface area contributed by atoms with Gasteiger partial charge in [0.1, 0.15) is 17.6 Å². The SMILES string of the molecule is CC1=CN(c2nc(-c3ccc(OC(F)(F)F)cc3)no2)NN1Cc1cccc(OCC#N)c1. The van der Waals surface area contributed by atoms with Crippen LogP contribution >= 0.6 is 0 Å². The van der Waals surface area contributed by atoms with Gasteiger partial charge in [-0.15, -0.1) is 18.7 Å². The number of nitrogens with one attached hydrogen (secondary N) is 1. The van der Waals surface area contributed by atoms with Crippen LogP contribution in [0.15, 0.2) is 65.0 Å². The first kappa shape index (κ1) is 22.0. The van der Waals surface area contributed by atoms with Gasteiger partial charge in [-0.3, -0.25) is 5.01 Å². The van der Waals surface area contributed by atoms with Gasteiger partial charge in [0.25, 0.3) is 0 Å². The zero-order valence-electron chi connectivity index (χ0n) is 17.2. The Morgan fingerprint density at radius 3 is 2.67 bits per heavy atom. The van der Waals surface area contributed by atoms with Crippen molar-refractivity contribution in [3.05, 3.63) is 66.0 Å². The van der Waals surface area contributed by atoms with E-state index in [1.807, 2.05) is 36.2 Å². The maximum Gasteiger partial charge on any atom is 0.573 e. The molecule has 9 nitrogen and oxygen atoms in total. The van der Waals surface area contributed by atoms with E-state index in [0.29, 0.717) is 17.9 Å². The molecule has 0 fully saturated rings. The van der Waals surface area contributed by atoms with Crippen molar-refractivity contribution in [1.82, 2.24) is 20.7 Å². The Hall–Kier alpha value is -4.24. The lowest BCUT2D eigenvalue weighted by atomic mass is 10.2. The van der Waals surface area contributed by atoms with Crippen LogP contribution in [0, 0.1) is 11.3 Å². The lowest BCUT2D eigenvalue weighted by Crippen LogP contribution is -2.40. The molecule has 3 aromatic rings. The molecular formula is C21H17F3N6O3. The fourth-order valence-corrected chi connectivity index (χ4v) is 3.02. The second kappa shape index (κ2) is 9.09. The molecule has 1 aromatic heterocycles. The molecule has 0 atom stereocenters. The number of hydrogen-bond acceptors (Lipinski definition) is 9. The van der Waals surface area contributed by atoms with Crippen LogP contribution in [-0.2, 0) is 6.54 Å². The Labute approximate surface area is 186 Å². The summed E-state index contributed by atoms with van der Waals surface area (Å²) in [4.78, 5) is 4.29. The maximum absolute atomic E-state index is 12.3. The highest BCUT2D eigenvalue weighted by atomic mass is 19.4. The minimum absolute atomic E-state index is 0.0320. The van der Waals surface area contributed by atoms with Crippen molar-refractivity contribution in [2.75, 3.05) is 11.6 Å². The number of alkyl halides is 3. The number of rotatable bonds is 7. The minimum atomic E-state index is -4.76. The van der Waals surface area contributed by atoms with Gasteiger partial charge < -0.3 is 14.0 Å². The van der Waals surface area contributed by atoms with Crippen LogP contribution in [-0.4, -0.2) is 28.1 Å². The summed E-state index contributed by atoms with van der Waals surface area (Å²) in [7, 11) is 0. The van der Waals surface area contributed by atoms with Gasteiger partial charge in [0.2, 0.25) is 5.82 Å². The van der Waals surface area contributed by atoms with Crippen LogP contribution < -0.4 is 20.0 Å². The number of nitriles is 1. The Morgan fingerprint density at radius 2 is 1.94 bits per heavy atom. The first-order chi connectivity index (χ1) is 15.8. The van der Waals surface area contributed by atoms with E-state index in [1.165, 1.54) is 29.3 Å². The van der Waals surface area contributed by atoms with Crippen LogP contribution in [0.25, 0.3) is 11.4 Å². The van der Waals surface area contributed by atoms with Gasteiger partial charge in [0.15, 0.2) is 6.61 Å². The molecule has 0 bridgehead atoms. The molecule has 1 N–H and O–H groups in total. The van der Waals surface area contributed by atoms with E-state index in [1.54, 1.807) is 12.3 Å². The van der Waals surface area contributed by atoms with Crippen molar-refractivity contribution >= 4 is 6.01 Å². The topological polar surface area (TPSA) is 99.7 Å². The van der Waals surface area contributed by atoms with Gasteiger partial charge in [-0.25, -0.2) is 5.01 Å². The zero-order chi connectivity index (χ0) is 23.4. The van der Waals surface area contributed by atoms with Crippen molar-refractivity contribution in [2.45, 2.75) is 19.8 Å². The number of halogens is 3. The molecule has 33 heavy (non-hydrogen) atoms. The number of aromatic nitrogens is 2. The summed E-state index contributed by atoms with van der Waals surface area (Å²) < 4.78 is 51.4. The molecule has 0 saturated heterocycles. The van der Waals surface area contributed by atoms with Crippen molar-refractivity contribution in [1.29, 1.82) is 5.26 Å². The molecule has 2 aromatic carbocycles. The summed E-state index contributed by atoms with van der Waals surface area (Å²) in [5, 5.41) is 15.9. The second-order valence-corrected chi connectivity index (χ2v) is 6.89. The van der Waals surface area contributed by atoms with Crippen molar-refractivity contribution in [3.8, 4) is 29.0 Å². The molecule has 2 heterocycles. The fraction of sp³-hybridized carbons (Fsp3) is 0.190. The smallest absolute Gasteiger partial charge is 0.479 e. The number of anilines is 1. The van der Waals surface area contributed by atoms with E-state index in [-0.39, 0.29) is 24.2 Å². The van der Waals surface area contributed by atoms with Gasteiger partial charge in [-0.2, -0.15) is 10.2 Å². The Morgan fingerprint density at radius 1 is 1.15 bits per heavy atom.